The summed E-state index contributed by atoms with van der Waals surface area (Å²) < 4.78 is 0. The number of anilines is 1. The number of hydrogen-bond acceptors (Lipinski definition) is 4. The molecule has 0 atom stereocenters. The molecule has 1 aromatic carbocycles. The summed E-state index contributed by atoms with van der Waals surface area (Å²) in [4.78, 5) is 17.0. The van der Waals surface area contributed by atoms with Gasteiger partial charge in [-0.05, 0) is 12.0 Å². The van der Waals surface area contributed by atoms with E-state index < -0.39 is 5.97 Å². The van der Waals surface area contributed by atoms with Gasteiger partial charge in [-0.15, -0.1) is 0 Å². The Morgan fingerprint density at radius 1 is 1.42 bits per heavy atom. The lowest BCUT2D eigenvalue weighted by Crippen LogP contribution is -2.19. The van der Waals surface area contributed by atoms with Crippen LogP contribution < -0.4 is 4.90 Å². The van der Waals surface area contributed by atoms with Crippen LogP contribution in [0.1, 0.15) is 15.2 Å². The van der Waals surface area contributed by atoms with Crippen LogP contribution in [0.3, 0.4) is 0 Å². The van der Waals surface area contributed by atoms with Crippen molar-refractivity contribution in [2.75, 3.05) is 18.5 Å². The second-order valence-corrected chi connectivity index (χ2v) is 5.41. The normalized spacial score (nSPS) is 10.4. The van der Waals surface area contributed by atoms with Crippen LogP contribution >= 0.6 is 22.9 Å². The Morgan fingerprint density at radius 3 is 2.68 bits per heavy atom. The molecule has 0 spiro atoms. The van der Waals surface area contributed by atoms with Crippen LogP contribution in [0.4, 0.5) is 5.13 Å². The number of aromatic nitrogens is 1. The highest BCUT2D eigenvalue weighted by Gasteiger charge is 2.17. The maximum atomic E-state index is 10.9. The van der Waals surface area contributed by atoms with Crippen LogP contribution in [0, 0.1) is 0 Å². The molecule has 0 unspecified atom stereocenters. The zero-order chi connectivity index (χ0) is 13.8. The number of thiazole rings is 1. The van der Waals surface area contributed by atoms with Gasteiger partial charge in [0.2, 0.25) is 0 Å². The number of carboxylic acids is 1. The molecule has 0 saturated heterocycles. The van der Waals surface area contributed by atoms with Gasteiger partial charge >= 0.3 is 5.97 Å². The number of rotatable bonds is 5. The molecule has 2 rings (SSSR count). The smallest absolute Gasteiger partial charge is 0.349 e. The first kappa shape index (κ1) is 13.8. The lowest BCUT2D eigenvalue weighted by atomic mass is 10.1. The predicted octanol–water partition coefficient (Wildman–Crippen LogP) is 3.17. The third-order valence-corrected chi connectivity index (χ3v) is 4.22. The van der Waals surface area contributed by atoms with Crippen molar-refractivity contribution < 1.29 is 9.90 Å². The van der Waals surface area contributed by atoms with Gasteiger partial charge in [0.05, 0.1) is 0 Å². The molecule has 19 heavy (non-hydrogen) atoms. The molecule has 4 nitrogen and oxygen atoms in total. The minimum atomic E-state index is -1.04. The predicted molar refractivity (Wildman–Crippen MR) is 77.5 cm³/mol. The van der Waals surface area contributed by atoms with Gasteiger partial charge < -0.3 is 10.0 Å². The average Bonchev–Trinajstić information content (AvgIpc) is 2.79. The zero-order valence-electron chi connectivity index (χ0n) is 10.3. The second-order valence-electron chi connectivity index (χ2n) is 4.08. The molecule has 0 bridgehead atoms. The summed E-state index contributed by atoms with van der Waals surface area (Å²) in [6.45, 7) is 0.757. The molecule has 0 saturated carbocycles. The third-order valence-electron chi connectivity index (χ3n) is 2.67. The van der Waals surface area contributed by atoms with E-state index in [4.69, 9.17) is 16.7 Å². The molecule has 0 amide bonds. The summed E-state index contributed by atoms with van der Waals surface area (Å²) in [7, 11) is 1.88. The first-order valence-corrected chi connectivity index (χ1v) is 6.92. The summed E-state index contributed by atoms with van der Waals surface area (Å²) in [6.07, 6.45) is 0.872. The van der Waals surface area contributed by atoms with Crippen molar-refractivity contribution in [2.45, 2.75) is 6.42 Å². The number of aromatic carboxylic acids is 1. The van der Waals surface area contributed by atoms with Crippen molar-refractivity contribution in [3.05, 3.63) is 45.9 Å². The van der Waals surface area contributed by atoms with E-state index in [1.165, 1.54) is 5.56 Å². The minimum Gasteiger partial charge on any atom is -0.477 e. The lowest BCUT2D eigenvalue weighted by molar-refractivity contribution is 0.0702. The maximum absolute atomic E-state index is 10.9. The molecule has 6 heteroatoms. The first-order valence-electron chi connectivity index (χ1n) is 5.72. The molecule has 1 N–H and O–H groups in total. The zero-order valence-corrected chi connectivity index (χ0v) is 11.9. The quantitative estimate of drug-likeness (QED) is 0.921. The van der Waals surface area contributed by atoms with E-state index in [-0.39, 0.29) is 10.0 Å². The van der Waals surface area contributed by atoms with Gasteiger partial charge in [0, 0.05) is 13.6 Å². The van der Waals surface area contributed by atoms with Crippen LogP contribution in [0.5, 0.6) is 0 Å². The minimum absolute atomic E-state index is 0.0547. The number of nitrogens with zero attached hydrogens (tertiary/aromatic N) is 2. The Labute approximate surface area is 120 Å². The van der Waals surface area contributed by atoms with Crippen molar-refractivity contribution in [3.8, 4) is 0 Å². The molecule has 0 aliphatic rings. The highest BCUT2D eigenvalue weighted by molar-refractivity contribution is 7.18. The van der Waals surface area contributed by atoms with Crippen molar-refractivity contribution in [1.82, 2.24) is 4.98 Å². The Kier molecular flexibility index (Phi) is 4.39. The molecule has 0 aliphatic carbocycles. The summed E-state index contributed by atoms with van der Waals surface area (Å²) >= 11 is 6.89. The van der Waals surface area contributed by atoms with Gasteiger partial charge in [-0.3, -0.25) is 0 Å². The second kappa shape index (κ2) is 6.04. The molecular weight excluding hydrogens is 284 g/mol. The Bertz CT molecular complexity index is 571. The van der Waals surface area contributed by atoms with Crippen LogP contribution in [-0.4, -0.2) is 29.7 Å². The summed E-state index contributed by atoms with van der Waals surface area (Å²) in [5.41, 5.74) is 1.23. The number of carbonyl (C=O) groups is 1. The van der Waals surface area contributed by atoms with Gasteiger partial charge in [-0.1, -0.05) is 53.3 Å². The summed E-state index contributed by atoms with van der Waals surface area (Å²) in [6, 6.07) is 10.1. The summed E-state index contributed by atoms with van der Waals surface area (Å²) in [5.74, 6) is -1.04. The standard InChI is InChI=1S/C13H13ClN2O2S/c1-16(8-7-9-5-3-2-4-6-9)13-15-11(14)10(19-13)12(17)18/h2-6H,7-8H2,1H3,(H,17,18). The van der Waals surface area contributed by atoms with Gasteiger partial charge in [-0.25, -0.2) is 9.78 Å². The fourth-order valence-corrected chi connectivity index (χ4v) is 2.73. The van der Waals surface area contributed by atoms with E-state index in [1.807, 2.05) is 30.1 Å². The Hall–Kier alpha value is -1.59. The van der Waals surface area contributed by atoms with E-state index in [2.05, 4.69) is 17.1 Å². The van der Waals surface area contributed by atoms with Crippen molar-refractivity contribution in [1.29, 1.82) is 0 Å². The van der Waals surface area contributed by atoms with Crippen LogP contribution in [0.15, 0.2) is 30.3 Å². The number of hydrogen-bond donors (Lipinski definition) is 1. The Balaban J connectivity index is 2.02. The molecule has 100 valence electrons. The van der Waals surface area contributed by atoms with E-state index in [0.717, 1.165) is 24.3 Å². The fraction of sp³-hybridized carbons (Fsp3) is 0.231. The fourth-order valence-electron chi connectivity index (χ4n) is 1.62. The van der Waals surface area contributed by atoms with Crippen LogP contribution in [0.25, 0.3) is 0 Å². The van der Waals surface area contributed by atoms with E-state index in [1.54, 1.807) is 0 Å². The van der Waals surface area contributed by atoms with Crippen LogP contribution in [-0.2, 0) is 6.42 Å². The van der Waals surface area contributed by atoms with Gasteiger partial charge in [0.15, 0.2) is 15.2 Å². The average molecular weight is 297 g/mol. The third kappa shape index (κ3) is 3.45. The number of halogens is 1. The molecule has 1 heterocycles. The van der Waals surface area contributed by atoms with Crippen LogP contribution in [0.2, 0.25) is 5.15 Å². The van der Waals surface area contributed by atoms with Gasteiger partial charge in [-0.2, -0.15) is 0 Å². The first-order chi connectivity index (χ1) is 9.08. The SMILES string of the molecule is CN(CCc1ccccc1)c1nc(Cl)c(C(=O)O)s1. The maximum Gasteiger partial charge on any atom is 0.349 e. The summed E-state index contributed by atoms with van der Waals surface area (Å²) in [5, 5.41) is 9.61. The van der Waals surface area contributed by atoms with E-state index in [9.17, 15) is 4.79 Å². The Morgan fingerprint density at radius 2 is 2.11 bits per heavy atom. The van der Waals surface area contributed by atoms with Crippen molar-refractivity contribution >= 4 is 34.0 Å². The van der Waals surface area contributed by atoms with Crippen molar-refractivity contribution in [3.63, 3.8) is 0 Å². The highest BCUT2D eigenvalue weighted by Crippen LogP contribution is 2.29. The van der Waals surface area contributed by atoms with Gasteiger partial charge in [0.1, 0.15) is 0 Å². The largest absolute Gasteiger partial charge is 0.477 e. The molecule has 0 fully saturated rings. The lowest BCUT2D eigenvalue weighted by Gasteiger charge is -2.15. The number of likely N-dealkylation sites (N-methyl/N-ethyl adjacent to an activating group) is 1. The topological polar surface area (TPSA) is 53.4 Å². The number of benzene rings is 1. The highest BCUT2D eigenvalue weighted by atomic mass is 35.5. The van der Waals surface area contributed by atoms with Crippen molar-refractivity contribution in [2.24, 2.45) is 0 Å². The molecule has 2 aromatic rings. The molecule has 0 aliphatic heterocycles. The molecule has 1 aromatic heterocycles. The van der Waals surface area contributed by atoms with Gasteiger partial charge in [0.25, 0.3) is 0 Å². The molecular formula is C13H13ClN2O2S. The molecule has 0 radical (unpaired) electrons. The number of carboxylic acid groups (broad SMARTS) is 1. The van der Waals surface area contributed by atoms with E-state index in [0.29, 0.717) is 5.13 Å². The van der Waals surface area contributed by atoms with E-state index >= 15 is 0 Å². The monoisotopic (exact) mass is 296 g/mol.